The number of hydrazone groups is 1. The molecule has 0 aliphatic rings. The molecule has 2 N–H and O–H groups in total. The first kappa shape index (κ1) is 17.7. The number of carboxylic acid groups (broad SMARTS) is 1. The number of ether oxygens (including phenoxy) is 1. The van der Waals surface area contributed by atoms with E-state index in [9.17, 15) is 19.5 Å². The molecule has 0 aromatic heterocycles. The summed E-state index contributed by atoms with van der Waals surface area (Å²) in [6.07, 6.45) is 1.27. The van der Waals surface area contributed by atoms with Crippen LogP contribution >= 0.6 is 0 Å². The number of nitrogens with one attached hydrogen (secondary N) is 2. The van der Waals surface area contributed by atoms with Crippen LogP contribution in [0.4, 0.5) is 5.69 Å². The lowest BCUT2D eigenvalue weighted by atomic mass is 10.1. The highest BCUT2D eigenvalue weighted by atomic mass is 16.5. The van der Waals surface area contributed by atoms with Crippen LogP contribution < -0.4 is 20.6 Å². The monoisotopic (exact) mass is 340 g/mol. The van der Waals surface area contributed by atoms with Crippen LogP contribution in [-0.2, 0) is 9.59 Å². The second-order valence-electron chi connectivity index (χ2n) is 4.76. The molecule has 0 unspecified atom stereocenters. The standard InChI is InChI=1S/C17H15N3O5/c1-25-14-5-3-2-4-13(14)19-15(21)16(22)20-18-10-11-6-8-12(9-7-11)17(23)24/h2-10H,1H3,(H,19,21)(H,20,22)(H,23,24)/p-1/b18-10-. The molecule has 0 radical (unpaired) electrons. The first-order valence-corrected chi connectivity index (χ1v) is 7.10. The fraction of sp³-hybridized carbons (Fsp3) is 0.0588. The molecule has 2 aromatic carbocycles. The van der Waals surface area contributed by atoms with Crippen LogP contribution in [0.15, 0.2) is 53.6 Å². The summed E-state index contributed by atoms with van der Waals surface area (Å²) in [7, 11) is 1.45. The normalized spacial score (nSPS) is 10.3. The topological polar surface area (TPSA) is 120 Å². The quantitative estimate of drug-likeness (QED) is 0.456. The van der Waals surface area contributed by atoms with Crippen molar-refractivity contribution in [1.29, 1.82) is 0 Å². The molecule has 0 spiro atoms. The van der Waals surface area contributed by atoms with E-state index in [1.54, 1.807) is 24.3 Å². The van der Waals surface area contributed by atoms with Gasteiger partial charge in [-0.1, -0.05) is 36.4 Å². The van der Waals surface area contributed by atoms with Crippen LogP contribution in [0.5, 0.6) is 5.75 Å². The third kappa shape index (κ3) is 4.90. The number of aromatic carboxylic acids is 1. The molecule has 0 heterocycles. The first-order valence-electron chi connectivity index (χ1n) is 7.10. The third-order valence-electron chi connectivity index (χ3n) is 3.09. The average Bonchev–Trinajstić information content (AvgIpc) is 2.62. The van der Waals surface area contributed by atoms with Gasteiger partial charge in [-0.3, -0.25) is 9.59 Å². The summed E-state index contributed by atoms with van der Waals surface area (Å²) >= 11 is 0. The Kier molecular flexibility index (Phi) is 5.83. The summed E-state index contributed by atoms with van der Waals surface area (Å²) in [5.41, 5.74) is 2.99. The number of carbonyl (C=O) groups is 3. The van der Waals surface area contributed by atoms with E-state index in [4.69, 9.17) is 4.74 Å². The first-order chi connectivity index (χ1) is 12.0. The zero-order chi connectivity index (χ0) is 18.2. The van der Waals surface area contributed by atoms with E-state index in [2.05, 4.69) is 15.8 Å². The number of para-hydroxylation sites is 2. The SMILES string of the molecule is COc1ccccc1NC(=O)C(=O)N/N=C\c1ccc(C(=O)[O-])cc1. The lowest BCUT2D eigenvalue weighted by Gasteiger charge is -2.08. The predicted molar refractivity (Wildman–Crippen MR) is 88.1 cm³/mol. The summed E-state index contributed by atoms with van der Waals surface area (Å²) in [5.74, 6) is -2.74. The van der Waals surface area contributed by atoms with E-state index in [-0.39, 0.29) is 5.56 Å². The van der Waals surface area contributed by atoms with Gasteiger partial charge in [-0.2, -0.15) is 5.10 Å². The van der Waals surface area contributed by atoms with Crippen molar-refractivity contribution in [1.82, 2.24) is 5.43 Å². The van der Waals surface area contributed by atoms with Crippen LogP contribution in [0, 0.1) is 0 Å². The Hall–Kier alpha value is -3.68. The second-order valence-corrected chi connectivity index (χ2v) is 4.76. The van der Waals surface area contributed by atoms with E-state index in [0.717, 1.165) is 0 Å². The summed E-state index contributed by atoms with van der Waals surface area (Å²) < 4.78 is 5.07. The Bertz CT molecular complexity index is 815. The molecule has 0 fully saturated rings. The molecule has 25 heavy (non-hydrogen) atoms. The minimum Gasteiger partial charge on any atom is -0.545 e. The fourth-order valence-corrected chi connectivity index (χ4v) is 1.85. The Morgan fingerprint density at radius 3 is 2.36 bits per heavy atom. The molecule has 0 atom stereocenters. The van der Waals surface area contributed by atoms with Gasteiger partial charge in [0.25, 0.3) is 0 Å². The van der Waals surface area contributed by atoms with E-state index in [1.807, 2.05) is 0 Å². The zero-order valence-electron chi connectivity index (χ0n) is 13.2. The van der Waals surface area contributed by atoms with Crippen molar-refractivity contribution < 1.29 is 24.2 Å². The molecular formula is C17H14N3O5-. The molecular weight excluding hydrogens is 326 g/mol. The smallest absolute Gasteiger partial charge is 0.329 e. The van der Waals surface area contributed by atoms with Gasteiger partial charge in [-0.15, -0.1) is 0 Å². The molecule has 0 saturated heterocycles. The van der Waals surface area contributed by atoms with Crippen molar-refractivity contribution in [3.63, 3.8) is 0 Å². The van der Waals surface area contributed by atoms with Crippen molar-refractivity contribution in [2.75, 3.05) is 12.4 Å². The van der Waals surface area contributed by atoms with E-state index >= 15 is 0 Å². The Balaban J connectivity index is 1.92. The van der Waals surface area contributed by atoms with Crippen molar-refractivity contribution in [2.24, 2.45) is 5.10 Å². The van der Waals surface area contributed by atoms with Crippen molar-refractivity contribution in [3.05, 3.63) is 59.7 Å². The third-order valence-corrected chi connectivity index (χ3v) is 3.09. The van der Waals surface area contributed by atoms with E-state index in [0.29, 0.717) is 17.0 Å². The van der Waals surface area contributed by atoms with Gasteiger partial charge in [0.05, 0.1) is 25.0 Å². The minimum atomic E-state index is -1.29. The lowest BCUT2D eigenvalue weighted by Crippen LogP contribution is -2.32. The van der Waals surface area contributed by atoms with Crippen molar-refractivity contribution >= 4 is 29.7 Å². The van der Waals surface area contributed by atoms with Crippen LogP contribution in [0.25, 0.3) is 0 Å². The molecule has 0 aliphatic heterocycles. The highest BCUT2D eigenvalue weighted by Crippen LogP contribution is 2.22. The number of benzene rings is 2. The molecule has 0 bridgehead atoms. The number of carbonyl (C=O) groups excluding carboxylic acids is 3. The van der Waals surface area contributed by atoms with Crippen LogP contribution in [0.3, 0.4) is 0 Å². The lowest BCUT2D eigenvalue weighted by molar-refractivity contribution is -0.255. The molecule has 0 aliphatic carbocycles. The highest BCUT2D eigenvalue weighted by molar-refractivity contribution is 6.39. The van der Waals surface area contributed by atoms with Gasteiger partial charge in [0.2, 0.25) is 0 Å². The van der Waals surface area contributed by atoms with Crippen LogP contribution in [0.1, 0.15) is 15.9 Å². The highest BCUT2D eigenvalue weighted by Gasteiger charge is 2.14. The predicted octanol–water partition coefficient (Wildman–Crippen LogP) is 0.147. The van der Waals surface area contributed by atoms with E-state index in [1.165, 1.54) is 37.6 Å². The number of methoxy groups -OCH3 is 1. The maximum Gasteiger partial charge on any atom is 0.329 e. The Morgan fingerprint density at radius 1 is 1.04 bits per heavy atom. The molecule has 8 heteroatoms. The summed E-state index contributed by atoms with van der Waals surface area (Å²) in [6.45, 7) is 0. The van der Waals surface area contributed by atoms with Gasteiger partial charge in [0.1, 0.15) is 5.75 Å². The largest absolute Gasteiger partial charge is 0.545 e. The molecule has 8 nitrogen and oxygen atoms in total. The van der Waals surface area contributed by atoms with Gasteiger partial charge in [-0.05, 0) is 23.3 Å². The van der Waals surface area contributed by atoms with Gasteiger partial charge in [0, 0.05) is 0 Å². The number of hydrogen-bond donors (Lipinski definition) is 2. The number of carboxylic acids is 1. The zero-order valence-corrected chi connectivity index (χ0v) is 13.2. The summed E-state index contributed by atoms with van der Waals surface area (Å²) in [4.78, 5) is 34.2. The number of amides is 2. The Labute approximate surface area is 143 Å². The maximum absolute atomic E-state index is 11.8. The molecule has 128 valence electrons. The Morgan fingerprint density at radius 2 is 1.72 bits per heavy atom. The maximum atomic E-state index is 11.8. The van der Waals surface area contributed by atoms with Crippen LogP contribution in [-0.4, -0.2) is 31.1 Å². The number of anilines is 1. The molecule has 2 aromatic rings. The van der Waals surface area contributed by atoms with E-state index < -0.39 is 17.8 Å². The minimum absolute atomic E-state index is 0.0253. The molecule has 2 rings (SSSR count). The van der Waals surface area contributed by atoms with Gasteiger partial charge in [-0.25, -0.2) is 5.43 Å². The fourth-order valence-electron chi connectivity index (χ4n) is 1.85. The number of nitrogens with zero attached hydrogens (tertiary/aromatic N) is 1. The molecule has 2 amide bonds. The summed E-state index contributed by atoms with van der Waals surface area (Å²) in [5, 5.41) is 16.7. The number of hydrogen-bond acceptors (Lipinski definition) is 6. The average molecular weight is 340 g/mol. The van der Waals surface area contributed by atoms with Crippen LogP contribution in [0.2, 0.25) is 0 Å². The van der Waals surface area contributed by atoms with Crippen molar-refractivity contribution in [3.8, 4) is 5.75 Å². The second kappa shape index (κ2) is 8.25. The van der Waals surface area contributed by atoms with Gasteiger partial charge >= 0.3 is 11.8 Å². The van der Waals surface area contributed by atoms with Gasteiger partial charge in [0.15, 0.2) is 0 Å². The summed E-state index contributed by atoms with van der Waals surface area (Å²) in [6, 6.07) is 12.3. The molecule has 0 saturated carbocycles. The van der Waals surface area contributed by atoms with Crippen molar-refractivity contribution in [2.45, 2.75) is 0 Å². The van der Waals surface area contributed by atoms with Gasteiger partial charge < -0.3 is 20.0 Å². The number of rotatable bonds is 5.